The molecule has 1 aliphatic rings. The van der Waals surface area contributed by atoms with Gasteiger partial charge >= 0.3 is 0 Å². The Balaban J connectivity index is 2.46. The zero-order chi connectivity index (χ0) is 6.69. The van der Waals surface area contributed by atoms with E-state index in [1.807, 2.05) is 0 Å². The maximum atomic E-state index is 3.99. The molecule has 0 aromatic heterocycles. The van der Waals surface area contributed by atoms with Gasteiger partial charge in [-0.25, -0.2) is 0 Å². The normalized spacial score (nSPS) is 20.1. The standard InChI is InChI=1S/C9H15/c1-8(2)9-6-4-3-5-7-9/h6,8H,1,3-5,7H2,2H3. The Labute approximate surface area is 58.0 Å². The number of rotatable bonds is 1. The van der Waals surface area contributed by atoms with Crippen LogP contribution in [0.1, 0.15) is 32.6 Å². The maximum absolute atomic E-state index is 3.99. The Hall–Kier alpha value is -0.260. The molecular weight excluding hydrogens is 108 g/mol. The van der Waals surface area contributed by atoms with Crippen molar-refractivity contribution in [1.29, 1.82) is 0 Å². The molecule has 0 amide bonds. The predicted octanol–water partition coefficient (Wildman–Crippen LogP) is 2.96. The van der Waals surface area contributed by atoms with Crippen LogP contribution in [-0.2, 0) is 0 Å². The zero-order valence-electron chi connectivity index (χ0n) is 6.19. The highest BCUT2D eigenvalue weighted by Gasteiger charge is 2.05. The summed E-state index contributed by atoms with van der Waals surface area (Å²) in [6.45, 7) is 6.17. The van der Waals surface area contributed by atoms with E-state index in [1.54, 1.807) is 5.57 Å². The van der Waals surface area contributed by atoms with Crippen molar-refractivity contribution in [1.82, 2.24) is 0 Å². The molecule has 0 nitrogen and oxygen atoms in total. The smallest absolute Gasteiger partial charge is 0.0231 e. The van der Waals surface area contributed by atoms with E-state index in [1.165, 1.54) is 25.7 Å². The molecule has 0 fully saturated rings. The van der Waals surface area contributed by atoms with Crippen molar-refractivity contribution in [3.05, 3.63) is 18.6 Å². The average molecular weight is 123 g/mol. The second kappa shape index (κ2) is 3.05. The van der Waals surface area contributed by atoms with Gasteiger partial charge in [0.2, 0.25) is 0 Å². The van der Waals surface area contributed by atoms with Crippen molar-refractivity contribution < 1.29 is 0 Å². The fourth-order valence-electron chi connectivity index (χ4n) is 1.31. The molecule has 0 saturated heterocycles. The highest BCUT2D eigenvalue weighted by atomic mass is 14.1. The van der Waals surface area contributed by atoms with Gasteiger partial charge in [-0.1, -0.05) is 18.6 Å². The van der Waals surface area contributed by atoms with E-state index in [-0.39, 0.29) is 0 Å². The molecule has 0 saturated carbocycles. The second-order valence-electron chi connectivity index (χ2n) is 2.93. The first-order valence-corrected chi connectivity index (χ1v) is 3.82. The first-order valence-electron chi connectivity index (χ1n) is 3.82. The molecular formula is C9H15. The summed E-state index contributed by atoms with van der Waals surface area (Å²) in [5.74, 6) is 0.547. The molecule has 1 unspecified atom stereocenters. The minimum absolute atomic E-state index is 0.547. The SMILES string of the molecule is [CH2]C(C)C1=CCCCC1. The highest BCUT2D eigenvalue weighted by molar-refractivity contribution is 5.08. The summed E-state index contributed by atoms with van der Waals surface area (Å²) < 4.78 is 0. The lowest BCUT2D eigenvalue weighted by atomic mass is 9.92. The zero-order valence-corrected chi connectivity index (χ0v) is 6.19. The fourth-order valence-corrected chi connectivity index (χ4v) is 1.31. The summed E-state index contributed by atoms with van der Waals surface area (Å²) >= 11 is 0. The van der Waals surface area contributed by atoms with Gasteiger partial charge in [-0.2, -0.15) is 0 Å². The summed E-state index contributed by atoms with van der Waals surface area (Å²) in [6, 6.07) is 0. The molecule has 0 heteroatoms. The third-order valence-corrected chi connectivity index (χ3v) is 1.96. The van der Waals surface area contributed by atoms with Crippen LogP contribution < -0.4 is 0 Å². The summed E-state index contributed by atoms with van der Waals surface area (Å²) in [5, 5.41) is 0. The van der Waals surface area contributed by atoms with Gasteiger partial charge in [-0.05, 0) is 38.5 Å². The summed E-state index contributed by atoms with van der Waals surface area (Å²) in [7, 11) is 0. The Morgan fingerprint density at radius 2 is 2.33 bits per heavy atom. The molecule has 0 N–H and O–H groups in total. The number of hydrogen-bond acceptors (Lipinski definition) is 0. The van der Waals surface area contributed by atoms with E-state index in [2.05, 4.69) is 19.9 Å². The third-order valence-electron chi connectivity index (χ3n) is 1.96. The second-order valence-corrected chi connectivity index (χ2v) is 2.93. The molecule has 0 spiro atoms. The Kier molecular flexibility index (Phi) is 2.32. The van der Waals surface area contributed by atoms with Crippen molar-refractivity contribution in [3.63, 3.8) is 0 Å². The van der Waals surface area contributed by atoms with Crippen molar-refractivity contribution in [2.24, 2.45) is 5.92 Å². The van der Waals surface area contributed by atoms with Crippen molar-refractivity contribution in [3.8, 4) is 0 Å². The molecule has 1 atom stereocenters. The molecule has 1 radical (unpaired) electrons. The monoisotopic (exact) mass is 123 g/mol. The minimum Gasteiger partial charge on any atom is -0.0851 e. The topological polar surface area (TPSA) is 0 Å². The van der Waals surface area contributed by atoms with Crippen molar-refractivity contribution >= 4 is 0 Å². The molecule has 1 rings (SSSR count). The van der Waals surface area contributed by atoms with Crippen LogP contribution in [0, 0.1) is 12.8 Å². The van der Waals surface area contributed by atoms with Crippen molar-refractivity contribution in [2.75, 3.05) is 0 Å². The van der Waals surface area contributed by atoms with E-state index in [9.17, 15) is 0 Å². The van der Waals surface area contributed by atoms with Crippen LogP contribution in [0.5, 0.6) is 0 Å². The molecule has 0 aromatic carbocycles. The van der Waals surface area contributed by atoms with Crippen molar-refractivity contribution in [2.45, 2.75) is 32.6 Å². The van der Waals surface area contributed by atoms with E-state index >= 15 is 0 Å². The molecule has 51 valence electrons. The first-order chi connectivity index (χ1) is 4.30. The molecule has 9 heavy (non-hydrogen) atoms. The summed E-state index contributed by atoms with van der Waals surface area (Å²) in [5.41, 5.74) is 1.57. The largest absolute Gasteiger partial charge is 0.0851 e. The van der Waals surface area contributed by atoms with E-state index < -0.39 is 0 Å². The third kappa shape index (κ3) is 1.85. The number of allylic oxidation sites excluding steroid dienone is 2. The molecule has 0 heterocycles. The van der Waals surface area contributed by atoms with Gasteiger partial charge in [-0.3, -0.25) is 0 Å². The Morgan fingerprint density at radius 3 is 2.67 bits per heavy atom. The van der Waals surface area contributed by atoms with Gasteiger partial charge in [0.15, 0.2) is 0 Å². The van der Waals surface area contributed by atoms with Crippen LogP contribution in [-0.4, -0.2) is 0 Å². The van der Waals surface area contributed by atoms with Crippen LogP contribution >= 0.6 is 0 Å². The van der Waals surface area contributed by atoms with E-state index in [4.69, 9.17) is 0 Å². The van der Waals surface area contributed by atoms with Gasteiger partial charge < -0.3 is 0 Å². The quantitative estimate of drug-likeness (QED) is 0.470. The van der Waals surface area contributed by atoms with Gasteiger partial charge in [0.25, 0.3) is 0 Å². The van der Waals surface area contributed by atoms with Gasteiger partial charge in [0.1, 0.15) is 0 Å². The summed E-state index contributed by atoms with van der Waals surface area (Å²) in [6.07, 6.45) is 7.71. The van der Waals surface area contributed by atoms with Crippen LogP contribution in [0.3, 0.4) is 0 Å². The van der Waals surface area contributed by atoms with Gasteiger partial charge in [0.05, 0.1) is 0 Å². The van der Waals surface area contributed by atoms with E-state index in [0.717, 1.165) is 0 Å². The van der Waals surface area contributed by atoms with Crippen LogP contribution in [0.4, 0.5) is 0 Å². The van der Waals surface area contributed by atoms with E-state index in [0.29, 0.717) is 5.92 Å². The minimum atomic E-state index is 0.547. The number of hydrogen-bond donors (Lipinski definition) is 0. The van der Waals surface area contributed by atoms with Gasteiger partial charge in [0, 0.05) is 0 Å². The van der Waals surface area contributed by atoms with Gasteiger partial charge in [-0.15, -0.1) is 0 Å². The molecule has 0 aromatic rings. The van der Waals surface area contributed by atoms with Crippen LogP contribution in [0.2, 0.25) is 0 Å². The van der Waals surface area contributed by atoms with Crippen LogP contribution in [0.15, 0.2) is 11.6 Å². The lowest BCUT2D eigenvalue weighted by Crippen LogP contribution is -1.98. The van der Waals surface area contributed by atoms with Crippen LogP contribution in [0.25, 0.3) is 0 Å². The lowest BCUT2D eigenvalue weighted by Gasteiger charge is -2.14. The molecule has 0 bridgehead atoms. The Morgan fingerprint density at radius 1 is 1.56 bits per heavy atom. The molecule has 0 aliphatic heterocycles. The maximum Gasteiger partial charge on any atom is -0.0231 e. The highest BCUT2D eigenvalue weighted by Crippen LogP contribution is 2.22. The fraction of sp³-hybridized carbons (Fsp3) is 0.667. The molecule has 1 aliphatic carbocycles. The predicted molar refractivity (Wildman–Crippen MR) is 41.1 cm³/mol. The average Bonchev–Trinajstić information content (AvgIpc) is 1.90. The lowest BCUT2D eigenvalue weighted by molar-refractivity contribution is 0.645. The summed E-state index contributed by atoms with van der Waals surface area (Å²) in [4.78, 5) is 0. The first kappa shape index (κ1) is 6.85. The Bertz CT molecular complexity index is 109.